The first-order valence-electron chi connectivity index (χ1n) is 9.09. The van der Waals surface area contributed by atoms with Crippen molar-refractivity contribution in [1.82, 2.24) is 5.32 Å². The van der Waals surface area contributed by atoms with Crippen LogP contribution in [0.25, 0.3) is 0 Å². The van der Waals surface area contributed by atoms with E-state index in [1.807, 2.05) is 54.6 Å². The fraction of sp³-hybridized carbons (Fsp3) is 0.125. The van der Waals surface area contributed by atoms with E-state index in [9.17, 15) is 4.79 Å². The van der Waals surface area contributed by atoms with Crippen molar-refractivity contribution in [1.29, 1.82) is 0 Å². The molecule has 0 spiro atoms. The molecule has 0 atom stereocenters. The first kappa shape index (κ1) is 19.8. The van der Waals surface area contributed by atoms with Crippen molar-refractivity contribution in [3.8, 4) is 34.8 Å². The van der Waals surface area contributed by atoms with E-state index < -0.39 is 0 Å². The maximum absolute atomic E-state index is 12.2. The van der Waals surface area contributed by atoms with Crippen molar-refractivity contribution >= 4 is 5.91 Å². The van der Waals surface area contributed by atoms with Gasteiger partial charge in [-0.3, -0.25) is 4.79 Å². The van der Waals surface area contributed by atoms with Gasteiger partial charge < -0.3 is 19.5 Å². The van der Waals surface area contributed by atoms with Crippen LogP contribution in [0, 0.1) is 11.8 Å². The molecule has 5 heteroatoms. The van der Waals surface area contributed by atoms with Crippen LogP contribution in [0.5, 0.6) is 23.0 Å². The lowest BCUT2D eigenvalue weighted by molar-refractivity contribution is 0.0958. The number of carbonyl (C=O) groups is 1. The van der Waals surface area contributed by atoms with E-state index in [0.717, 1.165) is 5.75 Å². The van der Waals surface area contributed by atoms with Crippen LogP contribution < -0.4 is 19.5 Å². The molecule has 1 amide bonds. The van der Waals surface area contributed by atoms with Gasteiger partial charge in [0.2, 0.25) is 0 Å². The Hall–Kier alpha value is -3.91. The first-order chi connectivity index (χ1) is 14.3. The number of hydrogen-bond acceptors (Lipinski definition) is 4. The number of amides is 1. The second-order valence-electron chi connectivity index (χ2n) is 5.92. The van der Waals surface area contributed by atoms with E-state index in [2.05, 4.69) is 17.2 Å². The van der Waals surface area contributed by atoms with Crippen molar-refractivity contribution in [2.45, 2.75) is 0 Å². The fourth-order valence-corrected chi connectivity index (χ4v) is 2.49. The van der Waals surface area contributed by atoms with Gasteiger partial charge in [0.25, 0.3) is 5.91 Å². The molecule has 0 aliphatic rings. The molecular weight excluding hydrogens is 366 g/mol. The van der Waals surface area contributed by atoms with Crippen LogP contribution in [0.3, 0.4) is 0 Å². The van der Waals surface area contributed by atoms with Gasteiger partial charge in [-0.05, 0) is 48.5 Å². The summed E-state index contributed by atoms with van der Waals surface area (Å²) in [6.45, 7) is 0.443. The highest BCUT2D eigenvalue weighted by Gasteiger charge is 2.05. The Kier molecular flexibility index (Phi) is 7.14. The molecule has 0 bridgehead atoms. The van der Waals surface area contributed by atoms with E-state index in [1.165, 1.54) is 0 Å². The average molecular weight is 387 g/mol. The number of para-hydroxylation sites is 3. The molecule has 3 aromatic carbocycles. The smallest absolute Gasteiger partial charge is 0.252 e. The monoisotopic (exact) mass is 387 g/mol. The third-order valence-electron chi connectivity index (χ3n) is 3.93. The maximum Gasteiger partial charge on any atom is 0.252 e. The van der Waals surface area contributed by atoms with Gasteiger partial charge in [0.15, 0.2) is 11.5 Å². The van der Waals surface area contributed by atoms with Gasteiger partial charge in [-0.2, -0.15) is 0 Å². The molecule has 0 radical (unpaired) electrons. The average Bonchev–Trinajstić information content (AvgIpc) is 2.77. The molecule has 0 aromatic heterocycles. The standard InChI is InChI=1S/C24H21NO4/c1-27-22-11-5-6-12-23(22)28-18-8-7-17-25-24(26)19-13-15-21(16-14-19)29-20-9-3-2-4-10-20/h2-6,9-16H,17-18H2,1H3,(H,25,26). The minimum Gasteiger partial charge on any atom is -0.493 e. The number of hydrogen-bond donors (Lipinski definition) is 1. The summed E-state index contributed by atoms with van der Waals surface area (Å²) in [5, 5.41) is 2.76. The minimum absolute atomic E-state index is 0.198. The topological polar surface area (TPSA) is 56.8 Å². The normalized spacial score (nSPS) is 9.69. The van der Waals surface area contributed by atoms with E-state index in [1.54, 1.807) is 31.4 Å². The van der Waals surface area contributed by atoms with Crippen LogP contribution in [-0.4, -0.2) is 26.2 Å². The van der Waals surface area contributed by atoms with E-state index in [0.29, 0.717) is 22.8 Å². The third kappa shape index (κ3) is 6.05. The molecule has 0 saturated heterocycles. The van der Waals surface area contributed by atoms with Gasteiger partial charge >= 0.3 is 0 Å². The van der Waals surface area contributed by atoms with Crippen LogP contribution in [0.2, 0.25) is 0 Å². The molecule has 1 N–H and O–H groups in total. The van der Waals surface area contributed by atoms with Crippen LogP contribution in [0.1, 0.15) is 10.4 Å². The third-order valence-corrected chi connectivity index (χ3v) is 3.93. The molecular formula is C24H21NO4. The summed E-state index contributed by atoms with van der Waals surface area (Å²) in [5.41, 5.74) is 0.539. The zero-order valence-electron chi connectivity index (χ0n) is 16.1. The van der Waals surface area contributed by atoms with Crippen molar-refractivity contribution in [2.24, 2.45) is 0 Å². The lowest BCUT2D eigenvalue weighted by Gasteiger charge is -2.07. The predicted molar refractivity (Wildman–Crippen MR) is 112 cm³/mol. The summed E-state index contributed by atoms with van der Waals surface area (Å²) < 4.78 is 16.5. The van der Waals surface area contributed by atoms with E-state index >= 15 is 0 Å². The summed E-state index contributed by atoms with van der Waals surface area (Å²) in [5.74, 6) is 8.23. The number of nitrogens with one attached hydrogen (secondary N) is 1. The van der Waals surface area contributed by atoms with Crippen LogP contribution in [0.4, 0.5) is 0 Å². The van der Waals surface area contributed by atoms with Crippen molar-refractivity contribution < 1.29 is 19.0 Å². The lowest BCUT2D eigenvalue weighted by atomic mass is 10.2. The Morgan fingerprint density at radius 2 is 1.48 bits per heavy atom. The number of ether oxygens (including phenoxy) is 3. The van der Waals surface area contributed by atoms with Crippen molar-refractivity contribution in [2.75, 3.05) is 20.3 Å². The zero-order valence-corrected chi connectivity index (χ0v) is 16.1. The lowest BCUT2D eigenvalue weighted by Crippen LogP contribution is -2.23. The SMILES string of the molecule is COc1ccccc1OCC#CCNC(=O)c1ccc(Oc2ccccc2)cc1. The molecule has 0 fully saturated rings. The molecule has 29 heavy (non-hydrogen) atoms. The van der Waals surface area contributed by atoms with Gasteiger partial charge in [0.1, 0.15) is 18.1 Å². The minimum atomic E-state index is -0.198. The second-order valence-corrected chi connectivity index (χ2v) is 5.92. The highest BCUT2D eigenvalue weighted by atomic mass is 16.5. The molecule has 0 aliphatic heterocycles. The summed E-state index contributed by atoms with van der Waals surface area (Å²) in [6.07, 6.45) is 0. The Balaban J connectivity index is 1.43. The number of carbonyl (C=O) groups excluding carboxylic acids is 1. The highest BCUT2D eigenvalue weighted by molar-refractivity contribution is 5.94. The predicted octanol–water partition coefficient (Wildman–Crippen LogP) is 4.30. The highest BCUT2D eigenvalue weighted by Crippen LogP contribution is 2.25. The summed E-state index contributed by atoms with van der Waals surface area (Å²) >= 11 is 0. The summed E-state index contributed by atoms with van der Waals surface area (Å²) in [7, 11) is 1.59. The quantitative estimate of drug-likeness (QED) is 0.614. The maximum atomic E-state index is 12.2. The number of benzene rings is 3. The van der Waals surface area contributed by atoms with Gasteiger partial charge in [0, 0.05) is 5.56 Å². The second kappa shape index (κ2) is 10.4. The van der Waals surface area contributed by atoms with Crippen LogP contribution >= 0.6 is 0 Å². The van der Waals surface area contributed by atoms with Gasteiger partial charge in [-0.1, -0.05) is 42.2 Å². The van der Waals surface area contributed by atoms with Gasteiger partial charge in [-0.25, -0.2) is 0 Å². The van der Waals surface area contributed by atoms with Crippen LogP contribution in [-0.2, 0) is 0 Å². The van der Waals surface area contributed by atoms with Gasteiger partial charge in [0.05, 0.1) is 13.7 Å². The molecule has 0 aliphatic carbocycles. The molecule has 5 nitrogen and oxygen atoms in total. The molecule has 0 heterocycles. The fourth-order valence-electron chi connectivity index (χ4n) is 2.49. The Labute approximate surface area is 170 Å². The van der Waals surface area contributed by atoms with Gasteiger partial charge in [-0.15, -0.1) is 0 Å². The molecule has 3 rings (SSSR count). The molecule has 146 valence electrons. The summed E-state index contributed by atoms with van der Waals surface area (Å²) in [6, 6.07) is 23.8. The first-order valence-corrected chi connectivity index (χ1v) is 9.09. The van der Waals surface area contributed by atoms with Crippen molar-refractivity contribution in [3.63, 3.8) is 0 Å². The summed E-state index contributed by atoms with van der Waals surface area (Å²) in [4.78, 5) is 12.2. The number of rotatable bonds is 7. The Bertz CT molecular complexity index is 989. The Morgan fingerprint density at radius 3 is 2.21 bits per heavy atom. The molecule has 0 unspecified atom stereocenters. The molecule has 3 aromatic rings. The van der Waals surface area contributed by atoms with E-state index in [4.69, 9.17) is 14.2 Å². The zero-order chi connectivity index (χ0) is 20.3. The van der Waals surface area contributed by atoms with E-state index in [-0.39, 0.29) is 19.1 Å². The number of methoxy groups -OCH3 is 1. The largest absolute Gasteiger partial charge is 0.493 e. The molecule has 0 saturated carbocycles. The Morgan fingerprint density at radius 1 is 0.828 bits per heavy atom. The van der Waals surface area contributed by atoms with Crippen molar-refractivity contribution in [3.05, 3.63) is 84.4 Å². The van der Waals surface area contributed by atoms with Crippen LogP contribution in [0.15, 0.2) is 78.9 Å².